The summed E-state index contributed by atoms with van der Waals surface area (Å²) in [7, 11) is 0. The smallest absolute Gasteiger partial charge is 0.161 e. The minimum absolute atomic E-state index is 0.655. The molecular formula is C14H18O2. The Morgan fingerprint density at radius 1 is 1.12 bits per heavy atom. The molecule has 0 radical (unpaired) electrons. The predicted molar refractivity (Wildman–Crippen MR) is 65.2 cm³/mol. The lowest BCUT2D eigenvalue weighted by atomic mass is 10.1. The third-order valence-corrected chi connectivity index (χ3v) is 2.58. The van der Waals surface area contributed by atoms with Crippen LogP contribution in [-0.4, -0.2) is 13.2 Å². The third-order valence-electron chi connectivity index (χ3n) is 2.58. The molecular weight excluding hydrogens is 200 g/mol. The average Bonchev–Trinajstić information content (AvgIpc) is 2.34. The van der Waals surface area contributed by atoms with Crippen molar-refractivity contribution in [1.82, 2.24) is 0 Å². The summed E-state index contributed by atoms with van der Waals surface area (Å²) >= 11 is 0. The molecule has 2 rings (SSSR count). The molecule has 0 fully saturated rings. The fraction of sp³-hybridized carbons (Fsp3) is 0.429. The van der Waals surface area contributed by atoms with Crippen molar-refractivity contribution < 1.29 is 9.47 Å². The molecule has 2 heteroatoms. The van der Waals surface area contributed by atoms with Crippen molar-refractivity contribution in [2.45, 2.75) is 26.2 Å². The van der Waals surface area contributed by atoms with E-state index in [1.165, 1.54) is 12.0 Å². The summed E-state index contributed by atoms with van der Waals surface area (Å²) in [5.74, 6) is 1.75. The molecule has 1 heterocycles. The number of hydrogen-bond donors (Lipinski definition) is 0. The van der Waals surface area contributed by atoms with Crippen LogP contribution in [0, 0.1) is 0 Å². The van der Waals surface area contributed by atoms with Crippen LogP contribution in [0.15, 0.2) is 30.4 Å². The van der Waals surface area contributed by atoms with Gasteiger partial charge in [0.05, 0.1) is 0 Å². The van der Waals surface area contributed by atoms with E-state index in [1.54, 1.807) is 0 Å². The first-order valence-corrected chi connectivity index (χ1v) is 5.93. The van der Waals surface area contributed by atoms with Gasteiger partial charge < -0.3 is 9.47 Å². The number of allylic oxidation sites excluding steroid dienone is 2. The van der Waals surface area contributed by atoms with Crippen molar-refractivity contribution in [2.24, 2.45) is 0 Å². The van der Waals surface area contributed by atoms with Crippen LogP contribution in [-0.2, 0) is 6.42 Å². The highest BCUT2D eigenvalue weighted by Crippen LogP contribution is 2.30. The van der Waals surface area contributed by atoms with Crippen LogP contribution in [0.5, 0.6) is 11.5 Å². The fourth-order valence-corrected chi connectivity index (χ4v) is 1.72. The van der Waals surface area contributed by atoms with Crippen molar-refractivity contribution >= 4 is 0 Å². The maximum Gasteiger partial charge on any atom is 0.161 e. The Labute approximate surface area is 96.9 Å². The Bertz CT molecular complexity index is 369. The van der Waals surface area contributed by atoms with E-state index in [9.17, 15) is 0 Å². The van der Waals surface area contributed by atoms with Gasteiger partial charge in [0.25, 0.3) is 0 Å². The van der Waals surface area contributed by atoms with E-state index >= 15 is 0 Å². The van der Waals surface area contributed by atoms with Crippen molar-refractivity contribution in [3.63, 3.8) is 0 Å². The van der Waals surface area contributed by atoms with Crippen LogP contribution >= 0.6 is 0 Å². The van der Waals surface area contributed by atoms with Crippen LogP contribution in [0.25, 0.3) is 0 Å². The Morgan fingerprint density at radius 3 is 2.75 bits per heavy atom. The Hall–Kier alpha value is -1.44. The van der Waals surface area contributed by atoms with Gasteiger partial charge in [0.1, 0.15) is 13.2 Å². The van der Waals surface area contributed by atoms with E-state index in [0.717, 1.165) is 24.3 Å². The average molecular weight is 218 g/mol. The molecule has 0 saturated heterocycles. The maximum atomic E-state index is 5.54. The van der Waals surface area contributed by atoms with Crippen molar-refractivity contribution in [3.8, 4) is 11.5 Å². The molecule has 1 aliphatic rings. The van der Waals surface area contributed by atoms with Crippen molar-refractivity contribution in [1.29, 1.82) is 0 Å². The minimum atomic E-state index is 0.655. The molecule has 0 unspecified atom stereocenters. The molecule has 0 aliphatic carbocycles. The van der Waals surface area contributed by atoms with E-state index in [0.29, 0.717) is 13.2 Å². The molecule has 0 aromatic heterocycles. The SMILES string of the molecule is CCCC=CCc1ccc2c(c1)OCCO2. The van der Waals surface area contributed by atoms with Crippen molar-refractivity contribution in [2.75, 3.05) is 13.2 Å². The van der Waals surface area contributed by atoms with Crippen LogP contribution in [0.4, 0.5) is 0 Å². The van der Waals surface area contributed by atoms with E-state index in [-0.39, 0.29) is 0 Å². The van der Waals surface area contributed by atoms with Crippen molar-refractivity contribution in [3.05, 3.63) is 35.9 Å². The molecule has 0 bridgehead atoms. The van der Waals surface area contributed by atoms with E-state index in [1.807, 2.05) is 6.07 Å². The predicted octanol–water partition coefficient (Wildman–Crippen LogP) is 3.36. The zero-order valence-electron chi connectivity index (χ0n) is 9.74. The largest absolute Gasteiger partial charge is 0.486 e. The van der Waals surface area contributed by atoms with Gasteiger partial charge in [-0.1, -0.05) is 31.6 Å². The van der Waals surface area contributed by atoms with Gasteiger partial charge in [0.15, 0.2) is 11.5 Å². The quantitative estimate of drug-likeness (QED) is 0.721. The van der Waals surface area contributed by atoms with Gasteiger partial charge in [-0.25, -0.2) is 0 Å². The van der Waals surface area contributed by atoms with Gasteiger partial charge in [-0.2, -0.15) is 0 Å². The summed E-state index contributed by atoms with van der Waals surface area (Å²) in [5.41, 5.74) is 1.27. The van der Waals surface area contributed by atoms with Gasteiger partial charge in [0, 0.05) is 0 Å². The summed E-state index contributed by atoms with van der Waals surface area (Å²) in [5, 5.41) is 0. The number of hydrogen-bond acceptors (Lipinski definition) is 2. The topological polar surface area (TPSA) is 18.5 Å². The van der Waals surface area contributed by atoms with Gasteiger partial charge in [-0.15, -0.1) is 0 Å². The minimum Gasteiger partial charge on any atom is -0.486 e. The maximum absolute atomic E-state index is 5.54. The first-order chi connectivity index (χ1) is 7.90. The lowest BCUT2D eigenvalue weighted by molar-refractivity contribution is 0.171. The fourth-order valence-electron chi connectivity index (χ4n) is 1.72. The molecule has 1 aromatic rings. The number of unbranched alkanes of at least 4 members (excludes halogenated alkanes) is 1. The van der Waals surface area contributed by atoms with Gasteiger partial charge >= 0.3 is 0 Å². The van der Waals surface area contributed by atoms with E-state index in [4.69, 9.17) is 9.47 Å². The third kappa shape index (κ3) is 2.78. The second-order valence-electron chi connectivity index (χ2n) is 3.94. The normalized spacial score (nSPS) is 14.3. The molecule has 16 heavy (non-hydrogen) atoms. The molecule has 86 valence electrons. The second kappa shape index (κ2) is 5.59. The first kappa shape index (κ1) is 11.1. The molecule has 0 spiro atoms. The van der Waals surface area contributed by atoms with Gasteiger partial charge in [-0.3, -0.25) is 0 Å². The molecule has 0 saturated carbocycles. The number of benzene rings is 1. The zero-order chi connectivity index (χ0) is 11.2. The standard InChI is InChI=1S/C14H18O2/c1-2-3-4-5-6-12-7-8-13-14(11-12)16-10-9-15-13/h4-5,7-8,11H,2-3,6,9-10H2,1H3. The van der Waals surface area contributed by atoms with E-state index < -0.39 is 0 Å². The van der Waals surface area contributed by atoms with Crippen LogP contribution in [0.3, 0.4) is 0 Å². The highest BCUT2D eigenvalue weighted by Gasteiger charge is 2.10. The highest BCUT2D eigenvalue weighted by atomic mass is 16.6. The monoisotopic (exact) mass is 218 g/mol. The Morgan fingerprint density at radius 2 is 1.94 bits per heavy atom. The summed E-state index contributed by atoms with van der Waals surface area (Å²) < 4.78 is 11.0. The van der Waals surface area contributed by atoms with Crippen LogP contribution in [0.2, 0.25) is 0 Å². The Balaban J connectivity index is 2.00. The highest BCUT2D eigenvalue weighted by molar-refractivity contribution is 5.44. The van der Waals surface area contributed by atoms with Crippen LogP contribution < -0.4 is 9.47 Å². The number of ether oxygens (including phenoxy) is 2. The summed E-state index contributed by atoms with van der Waals surface area (Å²) in [6.45, 7) is 3.50. The van der Waals surface area contributed by atoms with Crippen LogP contribution in [0.1, 0.15) is 25.3 Å². The summed E-state index contributed by atoms with van der Waals surface area (Å²) in [4.78, 5) is 0. The zero-order valence-corrected chi connectivity index (χ0v) is 9.74. The second-order valence-corrected chi connectivity index (χ2v) is 3.94. The molecule has 0 atom stereocenters. The number of rotatable bonds is 4. The van der Waals surface area contributed by atoms with Gasteiger partial charge in [-0.05, 0) is 30.5 Å². The molecule has 0 amide bonds. The molecule has 2 nitrogen and oxygen atoms in total. The first-order valence-electron chi connectivity index (χ1n) is 5.93. The summed E-state index contributed by atoms with van der Waals surface area (Å²) in [6.07, 6.45) is 7.78. The van der Waals surface area contributed by atoms with Gasteiger partial charge in [0.2, 0.25) is 0 Å². The number of fused-ring (bicyclic) bond motifs is 1. The molecule has 0 N–H and O–H groups in total. The molecule has 1 aliphatic heterocycles. The Kier molecular flexibility index (Phi) is 3.86. The summed E-state index contributed by atoms with van der Waals surface area (Å²) in [6, 6.07) is 6.17. The lowest BCUT2D eigenvalue weighted by Crippen LogP contribution is -2.15. The lowest BCUT2D eigenvalue weighted by Gasteiger charge is -2.18. The molecule has 1 aromatic carbocycles. The van der Waals surface area contributed by atoms with E-state index in [2.05, 4.69) is 31.2 Å².